The second-order valence-corrected chi connectivity index (χ2v) is 15.9. The van der Waals surface area contributed by atoms with E-state index in [4.69, 9.17) is 9.72 Å². The normalized spacial score (nSPS) is 24.7. The van der Waals surface area contributed by atoms with Gasteiger partial charge < -0.3 is 19.5 Å². The Labute approximate surface area is 174 Å². The summed E-state index contributed by atoms with van der Waals surface area (Å²) in [7, 11) is -1.08. The molecule has 2 atom stereocenters. The van der Waals surface area contributed by atoms with Crippen LogP contribution in [0.5, 0.6) is 0 Å². The van der Waals surface area contributed by atoms with Crippen LogP contribution in [0.25, 0.3) is 10.9 Å². The van der Waals surface area contributed by atoms with E-state index < -0.39 is 8.07 Å². The Morgan fingerprint density at radius 1 is 1.38 bits per heavy atom. The molecule has 2 aliphatic rings. The first-order valence-electron chi connectivity index (χ1n) is 10.7. The molecule has 0 unspecified atom stereocenters. The maximum Gasteiger partial charge on any atom is 0.179 e. The highest BCUT2D eigenvalue weighted by Gasteiger charge is 2.46. The zero-order valence-electron chi connectivity index (χ0n) is 18.2. The third kappa shape index (κ3) is 4.14. The average molecular weight is 412 g/mol. The van der Waals surface area contributed by atoms with Gasteiger partial charge in [-0.3, -0.25) is 4.98 Å². The van der Waals surface area contributed by atoms with Crippen molar-refractivity contribution in [3.05, 3.63) is 24.2 Å². The van der Waals surface area contributed by atoms with Crippen molar-refractivity contribution < 1.29 is 4.74 Å². The third-order valence-corrected chi connectivity index (χ3v) is 8.35. The van der Waals surface area contributed by atoms with E-state index in [1.807, 2.05) is 17.3 Å². The molecule has 2 saturated heterocycles. The number of pyridine rings is 1. The van der Waals surface area contributed by atoms with Gasteiger partial charge in [-0.05, 0) is 24.4 Å². The highest BCUT2D eigenvalue weighted by molar-refractivity contribution is 6.76. The van der Waals surface area contributed by atoms with Crippen LogP contribution in [-0.2, 0) is 11.3 Å². The third-order valence-electron chi connectivity index (χ3n) is 6.65. The van der Waals surface area contributed by atoms with Gasteiger partial charge in [0.05, 0.1) is 29.7 Å². The molecule has 0 radical (unpaired) electrons. The van der Waals surface area contributed by atoms with Crippen molar-refractivity contribution in [2.24, 2.45) is 11.3 Å². The molecular weight excluding hydrogens is 378 g/mol. The molecule has 4 heterocycles. The Balaban J connectivity index is 1.50. The smallest absolute Gasteiger partial charge is 0.179 e. The van der Waals surface area contributed by atoms with Crippen molar-refractivity contribution in [1.82, 2.24) is 14.9 Å². The van der Waals surface area contributed by atoms with Crippen LogP contribution >= 0.6 is 0 Å². The van der Waals surface area contributed by atoms with Crippen LogP contribution in [0, 0.1) is 22.8 Å². The minimum Gasteiger partial charge on any atom is -0.375 e. The fraction of sp³-hybridized carbons (Fsp3) is 0.636. The van der Waals surface area contributed by atoms with E-state index in [0.717, 1.165) is 50.4 Å². The maximum absolute atomic E-state index is 9.33. The van der Waals surface area contributed by atoms with E-state index in [0.29, 0.717) is 12.5 Å². The molecule has 0 spiro atoms. The number of hydrogen-bond acceptors (Lipinski definition) is 5. The minimum absolute atomic E-state index is 0.162. The molecule has 2 aliphatic heterocycles. The van der Waals surface area contributed by atoms with E-state index in [1.165, 1.54) is 17.1 Å². The van der Waals surface area contributed by atoms with Crippen molar-refractivity contribution in [2.45, 2.75) is 45.6 Å². The second kappa shape index (κ2) is 7.65. The monoisotopic (exact) mass is 411 g/mol. The van der Waals surface area contributed by atoms with Gasteiger partial charge in [0.15, 0.2) is 6.19 Å². The van der Waals surface area contributed by atoms with Gasteiger partial charge in [-0.25, -0.2) is 0 Å². The topological polar surface area (TPSA) is 68.2 Å². The molecule has 0 amide bonds. The standard InChI is InChI=1S/C22H33N5OSi/c1-22-14-26(16-23)12-17(22)6-8-27(15-22)20-11-25-19(21-18(20)5-7-24-21)13-28-9-10-29(2,3)4/h5,7,11,17,24H,6,8-10,12-15H2,1-4H3/t17-,22-/m0/s1. The van der Waals surface area contributed by atoms with E-state index in [1.54, 1.807) is 0 Å². The first-order chi connectivity index (χ1) is 13.8. The molecule has 0 aliphatic carbocycles. The molecule has 4 rings (SSSR count). The zero-order valence-corrected chi connectivity index (χ0v) is 19.2. The maximum atomic E-state index is 9.33. The molecule has 2 aromatic rings. The number of fused-ring (bicyclic) bond motifs is 2. The predicted molar refractivity (Wildman–Crippen MR) is 120 cm³/mol. The summed E-state index contributed by atoms with van der Waals surface area (Å²) in [4.78, 5) is 12.6. The highest BCUT2D eigenvalue weighted by Crippen LogP contribution is 2.43. The number of nitrogens with zero attached hydrogens (tertiary/aromatic N) is 4. The van der Waals surface area contributed by atoms with Gasteiger partial charge >= 0.3 is 0 Å². The van der Waals surface area contributed by atoms with E-state index in [-0.39, 0.29) is 5.41 Å². The second-order valence-electron chi connectivity index (χ2n) is 10.3. The molecule has 156 valence electrons. The van der Waals surface area contributed by atoms with Crippen LogP contribution in [0.1, 0.15) is 19.0 Å². The Bertz CT molecular complexity index is 914. The SMILES string of the molecule is C[C@@]12CN(C#N)C[C@@H]1CCN(c1cnc(COCC[Si](C)(C)C)c3[nH]ccc13)C2. The van der Waals surface area contributed by atoms with Gasteiger partial charge in [0.1, 0.15) is 0 Å². The fourth-order valence-electron chi connectivity index (χ4n) is 4.85. The predicted octanol–water partition coefficient (Wildman–Crippen LogP) is 4.05. The summed E-state index contributed by atoms with van der Waals surface area (Å²) in [6.07, 6.45) is 7.50. The van der Waals surface area contributed by atoms with Crippen LogP contribution in [0.4, 0.5) is 5.69 Å². The van der Waals surface area contributed by atoms with Gasteiger partial charge in [0.2, 0.25) is 0 Å². The summed E-state index contributed by atoms with van der Waals surface area (Å²) < 4.78 is 5.96. The first-order valence-corrected chi connectivity index (χ1v) is 14.4. The summed E-state index contributed by atoms with van der Waals surface area (Å²) in [5.74, 6) is 0.604. The Morgan fingerprint density at radius 3 is 2.97 bits per heavy atom. The first kappa shape index (κ1) is 20.2. The summed E-state index contributed by atoms with van der Waals surface area (Å²) in [6, 6.07) is 3.33. The van der Waals surface area contributed by atoms with Gasteiger partial charge in [-0.1, -0.05) is 26.6 Å². The van der Waals surface area contributed by atoms with Gasteiger partial charge in [0.25, 0.3) is 0 Å². The number of aromatic amines is 1. The molecule has 6 nitrogen and oxygen atoms in total. The Kier molecular flexibility index (Phi) is 5.34. The molecule has 0 bridgehead atoms. The molecule has 2 aromatic heterocycles. The highest BCUT2D eigenvalue weighted by atomic mass is 28.3. The van der Waals surface area contributed by atoms with Crippen LogP contribution in [0.15, 0.2) is 18.5 Å². The minimum atomic E-state index is -1.08. The number of anilines is 1. The van der Waals surface area contributed by atoms with Crippen LogP contribution in [0.2, 0.25) is 25.7 Å². The lowest BCUT2D eigenvalue weighted by Crippen LogP contribution is -2.47. The number of ether oxygens (including phenoxy) is 1. The van der Waals surface area contributed by atoms with Crippen LogP contribution in [0.3, 0.4) is 0 Å². The lowest BCUT2D eigenvalue weighted by atomic mass is 9.75. The Hall–Kier alpha value is -2.04. The lowest BCUT2D eigenvalue weighted by Gasteiger charge is -2.43. The number of aromatic nitrogens is 2. The quantitative estimate of drug-likeness (QED) is 0.441. The van der Waals surface area contributed by atoms with E-state index >= 15 is 0 Å². The number of piperidine rings is 1. The summed E-state index contributed by atoms with van der Waals surface area (Å²) in [5, 5.41) is 10.5. The lowest BCUT2D eigenvalue weighted by molar-refractivity contribution is 0.131. The van der Waals surface area contributed by atoms with Crippen LogP contribution < -0.4 is 4.90 Å². The van der Waals surface area contributed by atoms with E-state index in [2.05, 4.69) is 48.7 Å². The van der Waals surface area contributed by atoms with Gasteiger partial charge in [-0.2, -0.15) is 5.26 Å². The van der Waals surface area contributed by atoms with Crippen molar-refractivity contribution in [2.75, 3.05) is 37.7 Å². The molecule has 7 heteroatoms. The zero-order chi connectivity index (χ0) is 20.6. The van der Waals surface area contributed by atoms with Crippen molar-refractivity contribution in [1.29, 1.82) is 5.26 Å². The molecule has 2 fully saturated rings. The number of hydrogen-bond donors (Lipinski definition) is 1. The number of likely N-dealkylation sites (tertiary alicyclic amines) is 1. The van der Waals surface area contributed by atoms with Crippen molar-refractivity contribution in [3.8, 4) is 6.19 Å². The van der Waals surface area contributed by atoms with Crippen molar-refractivity contribution in [3.63, 3.8) is 0 Å². The molecule has 0 saturated carbocycles. The number of nitrogens with one attached hydrogen (secondary N) is 1. The van der Waals surface area contributed by atoms with Gasteiger partial charge in [0, 0.05) is 57.9 Å². The van der Waals surface area contributed by atoms with Crippen molar-refractivity contribution >= 4 is 24.7 Å². The summed E-state index contributed by atoms with van der Waals surface area (Å²) >= 11 is 0. The number of rotatable bonds is 6. The fourth-order valence-corrected chi connectivity index (χ4v) is 5.60. The summed E-state index contributed by atoms with van der Waals surface area (Å²) in [6.45, 7) is 14.6. The molecular formula is C22H33N5OSi. The average Bonchev–Trinajstić information content (AvgIpc) is 3.27. The Morgan fingerprint density at radius 2 is 2.21 bits per heavy atom. The molecule has 1 N–H and O–H groups in total. The van der Waals surface area contributed by atoms with E-state index in [9.17, 15) is 5.26 Å². The summed E-state index contributed by atoms with van der Waals surface area (Å²) in [5.41, 5.74) is 3.44. The number of H-pyrrole nitrogens is 1. The largest absolute Gasteiger partial charge is 0.375 e. The van der Waals surface area contributed by atoms with Gasteiger partial charge in [-0.15, -0.1) is 0 Å². The molecule has 0 aromatic carbocycles. The molecule has 29 heavy (non-hydrogen) atoms. The number of nitriles is 1. The van der Waals surface area contributed by atoms with Crippen LogP contribution in [-0.4, -0.2) is 55.7 Å².